The summed E-state index contributed by atoms with van der Waals surface area (Å²) in [6.45, 7) is 0. The van der Waals surface area contributed by atoms with E-state index in [9.17, 15) is 132 Å². The van der Waals surface area contributed by atoms with E-state index in [0.29, 0.717) is 0 Å². The van der Waals surface area contributed by atoms with Gasteiger partial charge in [0.25, 0.3) is 0 Å². The molecule has 0 rings (SSSR count). The Hall–Kier alpha value is -2.72. The van der Waals surface area contributed by atoms with Crippen molar-refractivity contribution in [3.8, 4) is 0 Å². The van der Waals surface area contributed by atoms with Gasteiger partial charge in [0.1, 0.15) is 0 Å². The van der Waals surface area contributed by atoms with Crippen molar-refractivity contribution in [1.82, 2.24) is 0 Å². The highest BCUT2D eigenvalue weighted by Gasteiger charge is 2.90. The molecule has 0 aromatic rings. The summed E-state index contributed by atoms with van der Waals surface area (Å²) in [5, 5.41) is 7.95. The molecule has 0 bridgehead atoms. The maximum absolute atomic E-state index is 14.3. The summed E-state index contributed by atoms with van der Waals surface area (Å²) in [6.07, 6.45) is -77.8. The molecule has 0 saturated heterocycles. The molecule has 0 aromatic carbocycles. The van der Waals surface area contributed by atoms with E-state index in [1.807, 2.05) is 0 Å². The molecule has 0 saturated carbocycles. The lowest BCUT2D eigenvalue weighted by Gasteiger charge is -2.43. The fourth-order valence-corrected chi connectivity index (χ4v) is 2.20. The highest BCUT2D eigenvalue weighted by molar-refractivity contribution is 5.76. The van der Waals surface area contributed by atoms with Gasteiger partial charge in [-0.25, -0.2) is 4.79 Å². The van der Waals surface area contributed by atoms with Gasteiger partial charge in [0.05, 0.1) is 0 Å². The molecule has 1 N–H and O–H groups in total. The maximum atomic E-state index is 14.3. The Morgan fingerprint density at radius 3 is 0.720 bits per heavy atom. The normalized spacial score (nSPS) is 20.4. The number of halogens is 29. The molecule has 0 amide bonds. The minimum absolute atomic E-state index is 0.808. The lowest BCUT2D eigenvalue weighted by Crippen LogP contribution is -2.72. The first-order valence-corrected chi connectivity index (χ1v) is 10.0. The molecule has 4 atom stereocenters. The van der Waals surface area contributed by atoms with Crippen molar-refractivity contribution in [2.75, 3.05) is 0 Å². The number of carboxylic acid groups (broad SMARTS) is 1. The molecule has 0 spiro atoms. The van der Waals surface area contributed by atoms with E-state index in [2.05, 4.69) is 0 Å². The quantitative estimate of drug-likeness (QED) is 0.188. The van der Waals surface area contributed by atoms with E-state index in [1.54, 1.807) is 0 Å². The highest BCUT2D eigenvalue weighted by atomic mass is 19.4. The SMILES string of the molecule is O=C(O)[C@](F)(OC(F)(F)[C@](F)(OC(F)(F)[C@@](F)(OC(F)(F)[C@@](F)(OC(F)(F)C(F)(F)C(F)(F)F)C(F)(F)F)C(F)(F)F)C(F)(F)F)C(F)(F)F. The minimum atomic E-state index is -9.26. The van der Waals surface area contributed by atoms with Crippen LogP contribution in [0.25, 0.3) is 0 Å². The molecule has 35 heteroatoms. The first-order valence-electron chi connectivity index (χ1n) is 10.0. The zero-order chi connectivity index (χ0) is 41.4. The van der Waals surface area contributed by atoms with Crippen LogP contribution in [0.15, 0.2) is 0 Å². The summed E-state index contributed by atoms with van der Waals surface area (Å²) < 4.78 is 386. The average molecular weight is 828 g/mol. The third-order valence-electron chi connectivity index (χ3n) is 4.65. The smallest absolute Gasteiger partial charge is 0.462 e. The van der Waals surface area contributed by atoms with Crippen LogP contribution in [0.2, 0.25) is 0 Å². The fraction of sp³-hybridized carbons (Fsp3) is 0.933. The molecule has 0 unspecified atom stereocenters. The number of aliphatic carboxylic acids is 1. The topological polar surface area (TPSA) is 74.2 Å². The van der Waals surface area contributed by atoms with Crippen LogP contribution in [0, 0.1) is 0 Å². The van der Waals surface area contributed by atoms with E-state index in [0.717, 1.165) is 14.2 Å². The molecule has 0 heterocycles. The molecule has 6 nitrogen and oxygen atoms in total. The standard InChI is InChI=1S/C15HF29O6/c16-2(1(45)46,7(22,23)24)47-13(39,40)4(19,9(28,29)30)49-15(43,44)6(21,11(34,35)36)50-14(41,42)5(20,10(31,32)33)48-12(37,38)3(17,18)8(25,26)27/h(H,45,46)/t2-,4+,5-,6-/m0/s1. The predicted molar refractivity (Wildman–Crippen MR) is 82.3 cm³/mol. The Labute approximate surface area is 248 Å². The third kappa shape index (κ3) is 7.57. The second-order valence-electron chi connectivity index (χ2n) is 8.22. The zero-order valence-corrected chi connectivity index (χ0v) is 20.9. The summed E-state index contributed by atoms with van der Waals surface area (Å²) in [5.74, 6) is -47.9. The third-order valence-corrected chi connectivity index (χ3v) is 4.65. The van der Waals surface area contributed by atoms with E-state index < -0.39 is 90.6 Å². The van der Waals surface area contributed by atoms with E-state index >= 15 is 0 Å². The molecule has 300 valence electrons. The number of hydrogen-bond donors (Lipinski definition) is 1. The molecule has 0 aliphatic carbocycles. The van der Waals surface area contributed by atoms with E-state index in [4.69, 9.17) is 5.11 Å². The number of ether oxygens (including phenoxy) is 4. The Bertz CT molecular complexity index is 1230. The van der Waals surface area contributed by atoms with Crippen molar-refractivity contribution in [2.45, 2.75) is 84.7 Å². The Morgan fingerprint density at radius 2 is 0.540 bits per heavy atom. The summed E-state index contributed by atoms with van der Waals surface area (Å²) in [6, 6.07) is 0. The molecule has 0 fully saturated rings. The van der Waals surface area contributed by atoms with Gasteiger partial charge < -0.3 is 5.11 Å². The predicted octanol–water partition coefficient (Wildman–Crippen LogP) is 8.62. The van der Waals surface area contributed by atoms with Crippen molar-refractivity contribution >= 4 is 5.97 Å². The molecule has 0 aliphatic rings. The van der Waals surface area contributed by atoms with E-state index in [-0.39, 0.29) is 0 Å². The van der Waals surface area contributed by atoms with Crippen molar-refractivity contribution in [3.05, 3.63) is 0 Å². The van der Waals surface area contributed by atoms with Crippen LogP contribution in [-0.4, -0.2) is 95.7 Å². The first kappa shape index (κ1) is 47.3. The molecular weight excluding hydrogens is 827 g/mol. The Kier molecular flexibility index (Phi) is 11.5. The lowest BCUT2D eigenvalue weighted by atomic mass is 10.2. The van der Waals surface area contributed by atoms with Gasteiger partial charge in [0.2, 0.25) is 0 Å². The van der Waals surface area contributed by atoms with Crippen LogP contribution in [0.5, 0.6) is 0 Å². The van der Waals surface area contributed by atoms with Crippen molar-refractivity contribution in [2.24, 2.45) is 0 Å². The molecular formula is C15HF29O6. The Morgan fingerprint density at radius 1 is 0.320 bits per heavy atom. The van der Waals surface area contributed by atoms with Crippen molar-refractivity contribution < 1.29 is 156 Å². The molecule has 0 aliphatic heterocycles. The maximum Gasteiger partial charge on any atom is 0.462 e. The zero-order valence-electron chi connectivity index (χ0n) is 20.9. The highest BCUT2D eigenvalue weighted by Crippen LogP contribution is 2.61. The second-order valence-corrected chi connectivity index (χ2v) is 8.22. The summed E-state index contributed by atoms with van der Waals surface area (Å²) in [5.41, 5.74) is 0. The van der Waals surface area contributed by atoms with Crippen LogP contribution in [0.1, 0.15) is 0 Å². The van der Waals surface area contributed by atoms with Gasteiger partial charge >= 0.3 is 90.6 Å². The van der Waals surface area contributed by atoms with Crippen LogP contribution >= 0.6 is 0 Å². The van der Waals surface area contributed by atoms with Gasteiger partial charge in [-0.05, 0) is 0 Å². The lowest BCUT2D eigenvalue weighted by molar-refractivity contribution is -0.592. The van der Waals surface area contributed by atoms with Gasteiger partial charge in [0.15, 0.2) is 0 Å². The number of rotatable bonds is 13. The van der Waals surface area contributed by atoms with E-state index in [1.165, 1.54) is 4.74 Å². The first-order chi connectivity index (χ1) is 21.0. The largest absolute Gasteiger partial charge is 0.477 e. The van der Waals surface area contributed by atoms with Crippen molar-refractivity contribution in [3.63, 3.8) is 0 Å². The number of carboxylic acids is 1. The fourth-order valence-electron chi connectivity index (χ4n) is 2.20. The van der Waals surface area contributed by atoms with Crippen LogP contribution in [-0.2, 0) is 23.7 Å². The monoisotopic (exact) mass is 828 g/mol. The van der Waals surface area contributed by atoms with Gasteiger partial charge in [-0.1, -0.05) is 0 Å². The van der Waals surface area contributed by atoms with Crippen LogP contribution in [0.3, 0.4) is 0 Å². The average Bonchev–Trinajstić information content (AvgIpc) is 2.78. The summed E-state index contributed by atoms with van der Waals surface area (Å²) in [7, 11) is 0. The molecule has 50 heavy (non-hydrogen) atoms. The van der Waals surface area contributed by atoms with Crippen LogP contribution in [0.4, 0.5) is 127 Å². The number of hydrogen-bond acceptors (Lipinski definition) is 5. The van der Waals surface area contributed by atoms with Gasteiger partial charge in [0, 0.05) is 0 Å². The molecule has 0 aromatic heterocycles. The van der Waals surface area contributed by atoms with Gasteiger partial charge in [-0.2, -0.15) is 127 Å². The summed E-state index contributed by atoms with van der Waals surface area (Å²) in [4.78, 5) is 10.3. The number of alkyl halides is 29. The Balaban J connectivity index is 7.69. The van der Waals surface area contributed by atoms with Crippen molar-refractivity contribution in [1.29, 1.82) is 0 Å². The molecule has 0 radical (unpaired) electrons. The van der Waals surface area contributed by atoms with Gasteiger partial charge in [-0.3, -0.25) is 18.9 Å². The summed E-state index contributed by atoms with van der Waals surface area (Å²) >= 11 is 0. The number of carbonyl (C=O) groups is 1. The van der Waals surface area contributed by atoms with Gasteiger partial charge in [-0.15, -0.1) is 0 Å². The minimum Gasteiger partial charge on any atom is -0.477 e. The second kappa shape index (κ2) is 12.2. The van der Waals surface area contributed by atoms with Crippen LogP contribution < -0.4 is 0 Å².